The van der Waals surface area contributed by atoms with Crippen molar-refractivity contribution in [2.75, 3.05) is 19.1 Å². The molecular weight excluding hydrogens is 394 g/mol. The van der Waals surface area contributed by atoms with Crippen LogP contribution < -0.4 is 4.90 Å². The Morgan fingerprint density at radius 2 is 1.77 bits per heavy atom. The summed E-state index contributed by atoms with van der Waals surface area (Å²) in [4.78, 5) is 26.6. The summed E-state index contributed by atoms with van der Waals surface area (Å²) in [6, 6.07) is 5.83. The van der Waals surface area contributed by atoms with Crippen LogP contribution in [0.2, 0.25) is 0 Å². The Morgan fingerprint density at radius 1 is 1.00 bits per heavy atom. The molecule has 1 aromatic carbocycles. The number of methoxy groups -OCH3 is 2. The minimum Gasteiger partial charge on any atom is -0.465 e. The molecule has 1 aliphatic heterocycles. The Balaban J connectivity index is 1.97. The number of carbonyl (C=O) groups is 2. The number of benzene rings is 1. The van der Waals surface area contributed by atoms with E-state index in [1.54, 1.807) is 29.3 Å². The van der Waals surface area contributed by atoms with Gasteiger partial charge in [0, 0.05) is 23.8 Å². The molecule has 0 spiro atoms. The van der Waals surface area contributed by atoms with Crippen molar-refractivity contribution in [2.45, 2.75) is 45.6 Å². The van der Waals surface area contributed by atoms with Crippen LogP contribution in [0.3, 0.4) is 0 Å². The molecule has 1 aromatic heterocycles. The number of anilines is 1. The van der Waals surface area contributed by atoms with Gasteiger partial charge in [0.15, 0.2) is 0 Å². The van der Waals surface area contributed by atoms with E-state index in [0.717, 1.165) is 29.6 Å². The van der Waals surface area contributed by atoms with Crippen molar-refractivity contribution >= 4 is 28.5 Å². The number of allylic oxidation sites excluding steroid dienone is 2. The number of carbonyl (C=O) groups excluding carboxylic acids is 2. The van der Waals surface area contributed by atoms with Crippen LogP contribution in [0.5, 0.6) is 0 Å². The van der Waals surface area contributed by atoms with Gasteiger partial charge in [-0.25, -0.2) is 9.59 Å². The number of hydrogen-bond acceptors (Lipinski definition) is 6. The van der Waals surface area contributed by atoms with Gasteiger partial charge >= 0.3 is 11.9 Å². The summed E-state index contributed by atoms with van der Waals surface area (Å²) in [6.45, 7) is 3.04. The van der Waals surface area contributed by atoms with Gasteiger partial charge in [-0.05, 0) is 36.8 Å². The normalized spacial score (nSPS) is 13.6. The van der Waals surface area contributed by atoms with Gasteiger partial charge in [0.25, 0.3) is 0 Å². The van der Waals surface area contributed by atoms with Crippen LogP contribution in [0, 0.1) is 0 Å². The first-order valence-corrected chi connectivity index (χ1v) is 10.6. The molecule has 0 unspecified atom stereocenters. The average molecular weight is 424 g/mol. The van der Waals surface area contributed by atoms with E-state index >= 15 is 0 Å². The Morgan fingerprint density at radius 3 is 2.52 bits per heavy atom. The van der Waals surface area contributed by atoms with Crippen molar-refractivity contribution in [2.24, 2.45) is 0 Å². The first-order valence-electron chi connectivity index (χ1n) is 10.6. The molecule has 3 rings (SSSR count). The van der Waals surface area contributed by atoms with E-state index < -0.39 is 11.9 Å². The molecule has 0 N–H and O–H groups in total. The van der Waals surface area contributed by atoms with Gasteiger partial charge in [-0.15, -0.1) is 0 Å². The largest absolute Gasteiger partial charge is 0.465 e. The van der Waals surface area contributed by atoms with E-state index in [1.807, 2.05) is 29.1 Å². The van der Waals surface area contributed by atoms with Crippen molar-refractivity contribution in [1.82, 2.24) is 9.78 Å². The second kappa shape index (κ2) is 10.6. The Bertz CT molecular complexity index is 1030. The number of ether oxygens (including phenoxy) is 2. The number of esters is 2. The number of fused-ring (bicyclic) bond motifs is 1. The fourth-order valence-electron chi connectivity index (χ4n) is 3.62. The molecule has 7 heteroatoms. The lowest BCUT2D eigenvalue weighted by Crippen LogP contribution is -2.27. The third-order valence-electron chi connectivity index (χ3n) is 5.27. The molecule has 2 heterocycles. The van der Waals surface area contributed by atoms with Crippen molar-refractivity contribution in [3.63, 3.8) is 0 Å². The lowest BCUT2D eigenvalue weighted by atomic mass is 10.1. The maximum Gasteiger partial charge on any atom is 0.355 e. The monoisotopic (exact) mass is 423 g/mol. The molecule has 0 atom stereocenters. The number of aryl methyl sites for hydroxylation is 1. The highest BCUT2D eigenvalue weighted by Crippen LogP contribution is 2.29. The van der Waals surface area contributed by atoms with Gasteiger partial charge in [0.1, 0.15) is 5.70 Å². The minimum atomic E-state index is -0.624. The zero-order valence-corrected chi connectivity index (χ0v) is 18.3. The Labute approximate surface area is 182 Å². The van der Waals surface area contributed by atoms with E-state index in [0.29, 0.717) is 0 Å². The molecule has 0 fully saturated rings. The molecule has 0 amide bonds. The maximum absolute atomic E-state index is 12.6. The van der Waals surface area contributed by atoms with Crippen LogP contribution in [-0.4, -0.2) is 35.9 Å². The first kappa shape index (κ1) is 22.3. The molecule has 0 aliphatic carbocycles. The summed E-state index contributed by atoms with van der Waals surface area (Å²) < 4.78 is 11.8. The van der Waals surface area contributed by atoms with Gasteiger partial charge < -0.3 is 14.4 Å². The summed E-state index contributed by atoms with van der Waals surface area (Å²) in [6.07, 6.45) is 14.5. The fraction of sp³-hybridized carbons (Fsp3) is 0.375. The molecule has 0 saturated heterocycles. The topological polar surface area (TPSA) is 73.7 Å². The second-order valence-corrected chi connectivity index (χ2v) is 7.34. The summed E-state index contributed by atoms with van der Waals surface area (Å²) in [7, 11) is 2.57. The number of hydrogen-bond donors (Lipinski definition) is 0. The lowest BCUT2D eigenvalue weighted by Gasteiger charge is -2.23. The van der Waals surface area contributed by atoms with E-state index in [-0.39, 0.29) is 11.3 Å². The molecule has 0 saturated carbocycles. The van der Waals surface area contributed by atoms with Crippen molar-refractivity contribution in [3.8, 4) is 0 Å². The Hall–Kier alpha value is -3.35. The summed E-state index contributed by atoms with van der Waals surface area (Å²) in [5, 5.41) is 5.55. The zero-order valence-electron chi connectivity index (χ0n) is 18.3. The molecule has 0 radical (unpaired) electrons. The predicted octanol–water partition coefficient (Wildman–Crippen LogP) is 4.50. The lowest BCUT2D eigenvalue weighted by molar-refractivity contribution is -0.139. The molecule has 164 valence electrons. The third-order valence-corrected chi connectivity index (χ3v) is 5.27. The summed E-state index contributed by atoms with van der Waals surface area (Å²) in [5.41, 5.74) is 1.93. The maximum atomic E-state index is 12.6. The molecule has 0 bridgehead atoms. The number of nitrogens with zero attached hydrogens (tertiary/aromatic N) is 3. The zero-order chi connectivity index (χ0) is 22.2. The number of aromatic nitrogens is 2. The van der Waals surface area contributed by atoms with Crippen LogP contribution in [0.4, 0.5) is 5.69 Å². The molecule has 7 nitrogen and oxygen atoms in total. The molecule has 2 aromatic rings. The number of unbranched alkanes of at least 4 members (excludes halogenated alkanes) is 4. The standard InChI is InChI=1S/C24H29N3O4/c1-4-5-6-7-9-15-27-21-16-19(13-12-18(21)17-25-27)26-14-10-8-11-20(23(28)30-2)22(26)24(29)31-3/h8,10-14,16-17H,4-7,9,15H2,1-3H3. The second-order valence-electron chi connectivity index (χ2n) is 7.34. The van der Waals surface area contributed by atoms with E-state index in [1.165, 1.54) is 39.9 Å². The highest BCUT2D eigenvalue weighted by Gasteiger charge is 2.27. The van der Waals surface area contributed by atoms with E-state index in [9.17, 15) is 9.59 Å². The smallest absolute Gasteiger partial charge is 0.355 e. The fourth-order valence-corrected chi connectivity index (χ4v) is 3.62. The van der Waals surface area contributed by atoms with Crippen LogP contribution in [0.1, 0.15) is 39.0 Å². The SMILES string of the molecule is CCCCCCCn1ncc2ccc(N3C=CC=CC(C(=O)OC)=C3C(=O)OC)cc21. The predicted molar refractivity (Wildman–Crippen MR) is 120 cm³/mol. The summed E-state index contributed by atoms with van der Waals surface area (Å²) in [5.74, 6) is -1.23. The van der Waals surface area contributed by atoms with Crippen molar-refractivity contribution in [1.29, 1.82) is 0 Å². The average Bonchev–Trinajstić information content (AvgIpc) is 3.06. The Kier molecular flexibility index (Phi) is 7.65. The van der Waals surface area contributed by atoms with E-state index in [4.69, 9.17) is 9.47 Å². The van der Waals surface area contributed by atoms with Crippen LogP contribution in [0.15, 0.2) is 60.1 Å². The molecule has 1 aliphatic rings. The van der Waals surface area contributed by atoms with Gasteiger partial charge in [0.05, 0.1) is 31.5 Å². The van der Waals surface area contributed by atoms with Crippen LogP contribution in [-0.2, 0) is 25.6 Å². The quantitative estimate of drug-likeness (QED) is 0.437. The van der Waals surface area contributed by atoms with Gasteiger partial charge in [0.2, 0.25) is 0 Å². The first-order chi connectivity index (χ1) is 15.1. The van der Waals surface area contributed by atoms with Gasteiger partial charge in [-0.2, -0.15) is 5.10 Å². The van der Waals surface area contributed by atoms with Crippen LogP contribution >= 0.6 is 0 Å². The van der Waals surface area contributed by atoms with Crippen molar-refractivity contribution in [3.05, 3.63) is 60.1 Å². The van der Waals surface area contributed by atoms with E-state index in [2.05, 4.69) is 12.0 Å². The van der Waals surface area contributed by atoms with Crippen LogP contribution in [0.25, 0.3) is 10.9 Å². The summed E-state index contributed by atoms with van der Waals surface area (Å²) >= 11 is 0. The van der Waals surface area contributed by atoms with Gasteiger partial charge in [-0.1, -0.05) is 38.7 Å². The highest BCUT2D eigenvalue weighted by molar-refractivity contribution is 6.05. The highest BCUT2D eigenvalue weighted by atomic mass is 16.5. The van der Waals surface area contributed by atoms with Crippen molar-refractivity contribution < 1.29 is 19.1 Å². The third kappa shape index (κ3) is 5.05. The molecular formula is C24H29N3O4. The molecule has 31 heavy (non-hydrogen) atoms. The van der Waals surface area contributed by atoms with Gasteiger partial charge in [-0.3, -0.25) is 4.68 Å². The minimum absolute atomic E-state index is 0.101. The number of rotatable bonds is 9.